The van der Waals surface area contributed by atoms with E-state index in [2.05, 4.69) is 15.2 Å². The van der Waals surface area contributed by atoms with Crippen LogP contribution >= 0.6 is 0 Å². The summed E-state index contributed by atoms with van der Waals surface area (Å²) in [5.41, 5.74) is 1.72. The van der Waals surface area contributed by atoms with E-state index in [0.717, 1.165) is 36.5 Å². The van der Waals surface area contributed by atoms with Crippen LogP contribution in [-0.2, 0) is 13.5 Å². The number of aromatic carboxylic acids is 1. The highest BCUT2D eigenvalue weighted by atomic mass is 16.4. The summed E-state index contributed by atoms with van der Waals surface area (Å²) in [7, 11) is 1.84. The largest absolute Gasteiger partial charge is 0.475 e. The van der Waals surface area contributed by atoms with Gasteiger partial charge < -0.3 is 5.11 Å². The van der Waals surface area contributed by atoms with Gasteiger partial charge in [-0.3, -0.25) is 4.68 Å². The van der Waals surface area contributed by atoms with Gasteiger partial charge in [-0.15, -0.1) is 5.10 Å². The smallest absolute Gasteiger partial charge is 0.375 e. The van der Waals surface area contributed by atoms with E-state index in [9.17, 15) is 4.79 Å². The number of carboxylic acid groups (broad SMARTS) is 1. The number of hydrogen-bond acceptors (Lipinski definition) is 4. The molecule has 0 saturated heterocycles. The zero-order chi connectivity index (χ0) is 13.6. The fraction of sp³-hybridized carbons (Fsp3) is 0.500. The number of nitrogens with zero attached hydrogens (tertiary/aromatic N) is 5. The molecule has 1 fully saturated rings. The Kier molecular flexibility index (Phi) is 2.62. The predicted octanol–water partition coefficient (Wildman–Crippen LogP) is 1.14. The van der Waals surface area contributed by atoms with Gasteiger partial charge in [-0.1, -0.05) is 6.92 Å². The lowest BCUT2D eigenvalue weighted by molar-refractivity contribution is 0.0683. The van der Waals surface area contributed by atoms with Crippen molar-refractivity contribution in [2.45, 2.75) is 32.1 Å². The van der Waals surface area contributed by atoms with Crippen LogP contribution in [0.4, 0.5) is 0 Å². The Morgan fingerprint density at radius 3 is 2.79 bits per heavy atom. The van der Waals surface area contributed by atoms with Gasteiger partial charge in [0.1, 0.15) is 11.5 Å². The average Bonchev–Trinajstić information content (AvgIpc) is 3.00. The van der Waals surface area contributed by atoms with Crippen molar-refractivity contribution in [1.82, 2.24) is 24.5 Å². The summed E-state index contributed by atoms with van der Waals surface area (Å²) in [6.45, 7) is 2.01. The SMILES string of the molecule is CCc1nn(C)cc1-n1nc(C(=O)O)nc1C1CC1. The number of aromatic nitrogens is 5. The van der Waals surface area contributed by atoms with Gasteiger partial charge in [-0.25, -0.2) is 14.5 Å². The molecule has 0 spiro atoms. The normalized spacial score (nSPS) is 14.8. The third-order valence-electron chi connectivity index (χ3n) is 3.21. The maximum atomic E-state index is 11.0. The topological polar surface area (TPSA) is 85.8 Å². The highest BCUT2D eigenvalue weighted by molar-refractivity contribution is 5.83. The van der Waals surface area contributed by atoms with Crippen molar-refractivity contribution < 1.29 is 9.90 Å². The molecule has 1 aliphatic carbocycles. The average molecular weight is 261 g/mol. The van der Waals surface area contributed by atoms with Crippen LogP contribution in [0.3, 0.4) is 0 Å². The Labute approximate surface area is 109 Å². The third-order valence-corrected chi connectivity index (χ3v) is 3.21. The van der Waals surface area contributed by atoms with Crippen LogP contribution in [0.2, 0.25) is 0 Å². The number of carboxylic acids is 1. The number of carbonyl (C=O) groups is 1. The minimum absolute atomic E-state index is 0.146. The molecule has 2 aromatic heterocycles. The molecule has 2 aromatic rings. The third kappa shape index (κ3) is 2.00. The lowest BCUT2D eigenvalue weighted by Gasteiger charge is -2.03. The predicted molar refractivity (Wildman–Crippen MR) is 66.4 cm³/mol. The summed E-state index contributed by atoms with van der Waals surface area (Å²) < 4.78 is 3.36. The van der Waals surface area contributed by atoms with Crippen LogP contribution < -0.4 is 0 Å². The maximum Gasteiger partial charge on any atom is 0.375 e. The van der Waals surface area contributed by atoms with Crippen molar-refractivity contribution in [3.63, 3.8) is 0 Å². The molecule has 0 radical (unpaired) electrons. The van der Waals surface area contributed by atoms with Crippen LogP contribution in [0.1, 0.15) is 47.8 Å². The van der Waals surface area contributed by atoms with Gasteiger partial charge in [0, 0.05) is 13.0 Å². The summed E-state index contributed by atoms with van der Waals surface area (Å²) >= 11 is 0. The number of aryl methyl sites for hydroxylation is 2. The fourth-order valence-electron chi connectivity index (χ4n) is 2.15. The van der Waals surface area contributed by atoms with Gasteiger partial charge in [0.2, 0.25) is 0 Å². The van der Waals surface area contributed by atoms with Gasteiger partial charge in [0.25, 0.3) is 5.82 Å². The van der Waals surface area contributed by atoms with Gasteiger partial charge in [-0.2, -0.15) is 5.10 Å². The van der Waals surface area contributed by atoms with Crippen LogP contribution in [0, 0.1) is 0 Å². The van der Waals surface area contributed by atoms with E-state index in [4.69, 9.17) is 5.11 Å². The number of rotatable bonds is 4. The van der Waals surface area contributed by atoms with Gasteiger partial charge in [0.15, 0.2) is 0 Å². The van der Waals surface area contributed by atoms with Crippen molar-refractivity contribution >= 4 is 5.97 Å². The quantitative estimate of drug-likeness (QED) is 0.891. The van der Waals surface area contributed by atoms with Crippen LogP contribution in [0.15, 0.2) is 6.20 Å². The Morgan fingerprint density at radius 2 is 2.21 bits per heavy atom. The molecule has 19 heavy (non-hydrogen) atoms. The molecule has 7 heteroatoms. The van der Waals surface area contributed by atoms with Crippen LogP contribution in [-0.4, -0.2) is 35.6 Å². The van der Waals surface area contributed by atoms with E-state index < -0.39 is 5.97 Å². The molecule has 1 aliphatic rings. The molecular formula is C12H15N5O2. The Bertz CT molecular complexity index is 639. The van der Waals surface area contributed by atoms with Crippen LogP contribution in [0.5, 0.6) is 0 Å². The van der Waals surface area contributed by atoms with E-state index in [1.807, 2.05) is 20.2 Å². The van der Waals surface area contributed by atoms with Crippen molar-refractivity contribution in [2.24, 2.45) is 7.05 Å². The van der Waals surface area contributed by atoms with E-state index >= 15 is 0 Å². The molecule has 0 unspecified atom stereocenters. The second-order valence-electron chi connectivity index (χ2n) is 4.77. The Hall–Kier alpha value is -2.18. The molecule has 0 amide bonds. The first-order chi connectivity index (χ1) is 9.10. The zero-order valence-corrected chi connectivity index (χ0v) is 10.9. The molecule has 0 bridgehead atoms. The van der Waals surface area contributed by atoms with Gasteiger partial charge in [0.05, 0.1) is 11.9 Å². The van der Waals surface area contributed by atoms with Crippen molar-refractivity contribution in [3.8, 4) is 5.69 Å². The Morgan fingerprint density at radius 1 is 1.47 bits per heavy atom. The fourth-order valence-corrected chi connectivity index (χ4v) is 2.15. The lowest BCUT2D eigenvalue weighted by atomic mass is 10.3. The summed E-state index contributed by atoms with van der Waals surface area (Å²) in [5.74, 6) is -0.180. The molecule has 1 N–H and O–H groups in total. The first-order valence-electron chi connectivity index (χ1n) is 6.33. The lowest BCUT2D eigenvalue weighted by Crippen LogP contribution is -2.04. The molecule has 2 heterocycles. The van der Waals surface area contributed by atoms with E-state index in [0.29, 0.717) is 5.92 Å². The molecule has 3 rings (SSSR count). The molecule has 7 nitrogen and oxygen atoms in total. The highest BCUT2D eigenvalue weighted by Gasteiger charge is 2.32. The minimum atomic E-state index is -1.09. The first-order valence-corrected chi connectivity index (χ1v) is 6.33. The van der Waals surface area contributed by atoms with Crippen LogP contribution in [0.25, 0.3) is 5.69 Å². The summed E-state index contributed by atoms with van der Waals surface area (Å²) in [5, 5.41) is 17.5. The van der Waals surface area contributed by atoms with Crippen molar-refractivity contribution in [2.75, 3.05) is 0 Å². The molecule has 0 aromatic carbocycles. The minimum Gasteiger partial charge on any atom is -0.475 e. The molecular weight excluding hydrogens is 246 g/mol. The van der Waals surface area contributed by atoms with E-state index in [1.165, 1.54) is 0 Å². The molecule has 1 saturated carbocycles. The van der Waals surface area contributed by atoms with Gasteiger partial charge in [-0.05, 0) is 19.3 Å². The van der Waals surface area contributed by atoms with E-state index in [-0.39, 0.29) is 5.82 Å². The first kappa shape index (κ1) is 11.9. The Balaban J connectivity index is 2.14. The molecule has 100 valence electrons. The summed E-state index contributed by atoms with van der Waals surface area (Å²) in [6.07, 6.45) is 4.70. The summed E-state index contributed by atoms with van der Waals surface area (Å²) in [4.78, 5) is 15.2. The maximum absolute atomic E-state index is 11.0. The standard InChI is InChI=1S/C12H15N5O2/c1-3-8-9(6-16(2)14-8)17-11(7-4-5-7)13-10(15-17)12(18)19/h6-7H,3-5H2,1-2H3,(H,18,19). The summed E-state index contributed by atoms with van der Waals surface area (Å²) in [6, 6.07) is 0. The molecule has 0 atom stereocenters. The molecule has 0 aliphatic heterocycles. The highest BCUT2D eigenvalue weighted by Crippen LogP contribution is 2.40. The van der Waals surface area contributed by atoms with Gasteiger partial charge >= 0.3 is 5.97 Å². The zero-order valence-electron chi connectivity index (χ0n) is 10.9. The second kappa shape index (κ2) is 4.18. The van der Waals surface area contributed by atoms with Crippen molar-refractivity contribution in [3.05, 3.63) is 23.5 Å². The second-order valence-corrected chi connectivity index (χ2v) is 4.77. The van der Waals surface area contributed by atoms with E-state index in [1.54, 1.807) is 9.36 Å². The van der Waals surface area contributed by atoms with Crippen molar-refractivity contribution in [1.29, 1.82) is 0 Å². The monoisotopic (exact) mass is 261 g/mol. The number of hydrogen-bond donors (Lipinski definition) is 1.